The predicted molar refractivity (Wildman–Crippen MR) is 58.3 cm³/mol. The number of esters is 1. The van der Waals surface area contributed by atoms with E-state index in [4.69, 9.17) is 9.47 Å². The number of methoxy groups -OCH3 is 2. The monoisotopic (exact) mass is 258 g/mol. The third-order valence-electron chi connectivity index (χ3n) is 2.62. The lowest BCUT2D eigenvalue weighted by atomic mass is 10.2. The van der Waals surface area contributed by atoms with Crippen LogP contribution in [-0.4, -0.2) is 32.2 Å². The highest BCUT2D eigenvalue weighted by atomic mass is 19.3. The van der Waals surface area contributed by atoms with E-state index in [1.165, 1.54) is 32.4 Å². The molecule has 98 valence electrons. The molecule has 2 rings (SSSR count). The van der Waals surface area contributed by atoms with E-state index >= 15 is 0 Å². The van der Waals surface area contributed by atoms with Gasteiger partial charge in [0, 0.05) is 0 Å². The van der Waals surface area contributed by atoms with Crippen LogP contribution < -0.4 is 9.47 Å². The molecule has 1 saturated carbocycles. The zero-order valence-corrected chi connectivity index (χ0v) is 9.91. The molecule has 0 aliphatic heterocycles. The van der Waals surface area contributed by atoms with Gasteiger partial charge in [-0.15, -0.1) is 0 Å². The summed E-state index contributed by atoms with van der Waals surface area (Å²) in [5, 5.41) is 0. The van der Waals surface area contributed by atoms with E-state index in [2.05, 4.69) is 4.74 Å². The fraction of sp³-hybridized carbons (Fsp3) is 0.417. The van der Waals surface area contributed by atoms with Gasteiger partial charge in [0.25, 0.3) is 5.92 Å². The second-order valence-electron chi connectivity index (χ2n) is 3.93. The first-order valence-electron chi connectivity index (χ1n) is 5.29. The fourth-order valence-corrected chi connectivity index (χ4v) is 1.48. The largest absolute Gasteiger partial charge is 0.493 e. The van der Waals surface area contributed by atoms with Crippen molar-refractivity contribution in [1.82, 2.24) is 0 Å². The lowest BCUT2D eigenvalue weighted by molar-refractivity contribution is 0.0596. The molecule has 1 aromatic carbocycles. The number of halogens is 2. The summed E-state index contributed by atoms with van der Waals surface area (Å²) in [6.45, 7) is 0. The number of alkyl halides is 2. The highest BCUT2D eigenvalue weighted by Gasteiger charge is 2.60. The Balaban J connectivity index is 2.18. The Bertz CT molecular complexity index is 473. The molecule has 4 nitrogen and oxygen atoms in total. The van der Waals surface area contributed by atoms with Crippen LogP contribution in [0.1, 0.15) is 16.8 Å². The van der Waals surface area contributed by atoms with Crippen molar-refractivity contribution < 1.29 is 27.8 Å². The van der Waals surface area contributed by atoms with Crippen LogP contribution in [-0.2, 0) is 4.74 Å². The van der Waals surface area contributed by atoms with Crippen LogP contribution >= 0.6 is 0 Å². The summed E-state index contributed by atoms with van der Waals surface area (Å²) in [5.74, 6) is -2.89. The zero-order chi connectivity index (χ0) is 13.3. The second-order valence-corrected chi connectivity index (χ2v) is 3.93. The van der Waals surface area contributed by atoms with E-state index in [9.17, 15) is 13.6 Å². The molecule has 0 N–H and O–H groups in total. The van der Waals surface area contributed by atoms with Gasteiger partial charge >= 0.3 is 5.97 Å². The smallest absolute Gasteiger partial charge is 0.337 e. The molecular formula is C12H12F2O4. The van der Waals surface area contributed by atoms with Gasteiger partial charge in [-0.25, -0.2) is 13.6 Å². The standard InChI is InChI=1S/C12H12F2O4/c1-16-9-5-7(11(15)17-2)3-4-8(9)18-10-6-12(10,13)14/h3-5,10H,6H2,1-2H3. The maximum absolute atomic E-state index is 12.7. The van der Waals surface area contributed by atoms with Crippen LogP contribution in [0.25, 0.3) is 0 Å². The minimum absolute atomic E-state index is 0.187. The van der Waals surface area contributed by atoms with Gasteiger partial charge < -0.3 is 14.2 Å². The number of carbonyl (C=O) groups excluding carboxylic acids is 1. The lowest BCUT2D eigenvalue weighted by Crippen LogP contribution is -2.08. The molecule has 1 atom stereocenters. The summed E-state index contributed by atoms with van der Waals surface area (Å²) in [6.07, 6.45) is -1.41. The van der Waals surface area contributed by atoms with Crippen LogP contribution in [0.4, 0.5) is 8.78 Å². The Morgan fingerprint density at radius 1 is 1.33 bits per heavy atom. The number of ether oxygens (including phenoxy) is 3. The SMILES string of the molecule is COC(=O)c1ccc(OC2CC2(F)F)c(OC)c1. The maximum atomic E-state index is 12.7. The van der Waals surface area contributed by atoms with Crippen LogP contribution in [0.5, 0.6) is 11.5 Å². The Labute approximate surface area is 102 Å². The molecule has 1 fully saturated rings. The maximum Gasteiger partial charge on any atom is 0.337 e. The first kappa shape index (κ1) is 12.6. The quantitative estimate of drug-likeness (QED) is 0.777. The van der Waals surface area contributed by atoms with Gasteiger partial charge in [0.05, 0.1) is 26.2 Å². The van der Waals surface area contributed by atoms with Gasteiger partial charge in [0.2, 0.25) is 0 Å². The van der Waals surface area contributed by atoms with Crippen LogP contribution in [0, 0.1) is 0 Å². The van der Waals surface area contributed by atoms with Crippen molar-refractivity contribution in [3.63, 3.8) is 0 Å². The van der Waals surface area contributed by atoms with Crippen LogP contribution in [0.15, 0.2) is 18.2 Å². The number of hydrogen-bond donors (Lipinski definition) is 0. The van der Waals surface area contributed by atoms with Crippen molar-refractivity contribution in [2.45, 2.75) is 18.4 Å². The minimum Gasteiger partial charge on any atom is -0.493 e. The van der Waals surface area contributed by atoms with Gasteiger partial charge in [-0.1, -0.05) is 0 Å². The predicted octanol–water partition coefficient (Wildman–Crippen LogP) is 2.27. The third-order valence-corrected chi connectivity index (χ3v) is 2.62. The Kier molecular flexibility index (Phi) is 3.11. The van der Waals surface area contributed by atoms with Crippen molar-refractivity contribution in [2.24, 2.45) is 0 Å². The molecule has 1 unspecified atom stereocenters. The summed E-state index contributed by atoms with van der Waals surface area (Å²) in [6, 6.07) is 4.24. The van der Waals surface area contributed by atoms with Crippen molar-refractivity contribution >= 4 is 5.97 Å². The van der Waals surface area contributed by atoms with Gasteiger partial charge in [-0.2, -0.15) is 0 Å². The highest BCUT2D eigenvalue weighted by molar-refractivity contribution is 5.90. The van der Waals surface area contributed by atoms with Crippen molar-refractivity contribution in [3.05, 3.63) is 23.8 Å². The highest BCUT2D eigenvalue weighted by Crippen LogP contribution is 2.46. The molecule has 0 heterocycles. The summed E-state index contributed by atoms with van der Waals surface area (Å²) in [7, 11) is 2.62. The van der Waals surface area contributed by atoms with E-state index in [0.717, 1.165) is 0 Å². The molecule has 0 aromatic heterocycles. The number of rotatable bonds is 4. The molecule has 0 radical (unpaired) electrons. The molecular weight excluding hydrogens is 246 g/mol. The molecule has 1 aliphatic carbocycles. The van der Waals surface area contributed by atoms with Gasteiger partial charge in [0.15, 0.2) is 17.6 Å². The first-order chi connectivity index (χ1) is 8.47. The third kappa shape index (κ3) is 2.37. The van der Waals surface area contributed by atoms with Gasteiger partial charge in [-0.05, 0) is 18.2 Å². The fourth-order valence-electron chi connectivity index (χ4n) is 1.48. The average Bonchev–Trinajstić information content (AvgIpc) is 2.96. The number of carbonyl (C=O) groups is 1. The second kappa shape index (κ2) is 4.44. The first-order valence-corrected chi connectivity index (χ1v) is 5.29. The van der Waals surface area contributed by atoms with Crippen molar-refractivity contribution in [3.8, 4) is 11.5 Å². The molecule has 1 aliphatic rings. The van der Waals surface area contributed by atoms with Gasteiger partial charge in [-0.3, -0.25) is 0 Å². The van der Waals surface area contributed by atoms with E-state index < -0.39 is 18.0 Å². The summed E-state index contributed by atoms with van der Waals surface area (Å²) >= 11 is 0. The van der Waals surface area contributed by atoms with Crippen LogP contribution in [0.2, 0.25) is 0 Å². The van der Waals surface area contributed by atoms with Gasteiger partial charge in [0.1, 0.15) is 0 Å². The zero-order valence-electron chi connectivity index (χ0n) is 9.91. The topological polar surface area (TPSA) is 44.8 Å². The Hall–Kier alpha value is -1.85. The van der Waals surface area contributed by atoms with Crippen molar-refractivity contribution in [2.75, 3.05) is 14.2 Å². The summed E-state index contributed by atoms with van der Waals surface area (Å²) in [4.78, 5) is 11.3. The molecule has 18 heavy (non-hydrogen) atoms. The Morgan fingerprint density at radius 3 is 2.50 bits per heavy atom. The van der Waals surface area contributed by atoms with E-state index in [0.29, 0.717) is 0 Å². The molecule has 1 aromatic rings. The molecule has 0 spiro atoms. The molecule has 0 amide bonds. The lowest BCUT2D eigenvalue weighted by Gasteiger charge is -2.11. The van der Waals surface area contributed by atoms with Crippen molar-refractivity contribution in [1.29, 1.82) is 0 Å². The van der Waals surface area contributed by atoms with Crippen LogP contribution in [0.3, 0.4) is 0 Å². The molecule has 0 saturated heterocycles. The number of benzene rings is 1. The molecule has 0 bridgehead atoms. The summed E-state index contributed by atoms with van der Waals surface area (Å²) in [5.41, 5.74) is 0.268. The average molecular weight is 258 g/mol. The van der Waals surface area contributed by atoms with E-state index in [1.807, 2.05) is 0 Å². The Morgan fingerprint density at radius 2 is 2.00 bits per heavy atom. The normalized spacial score (nSPS) is 20.1. The van der Waals surface area contributed by atoms with E-state index in [-0.39, 0.29) is 23.5 Å². The number of hydrogen-bond acceptors (Lipinski definition) is 4. The van der Waals surface area contributed by atoms with E-state index in [1.54, 1.807) is 0 Å². The summed E-state index contributed by atoms with van der Waals surface area (Å²) < 4.78 is 40.1. The minimum atomic E-state index is -2.77. The molecule has 6 heteroatoms.